The fraction of sp³-hybridized carbons (Fsp3) is 0.444. The molecule has 7 nitrogen and oxygen atoms in total. The number of fused-ring (bicyclic) bond motifs is 1. The predicted octanol–water partition coefficient (Wildman–Crippen LogP) is 1.26. The van der Waals surface area contributed by atoms with Crippen molar-refractivity contribution in [2.24, 2.45) is 7.05 Å². The average Bonchev–Trinajstić information content (AvgIpc) is 3.19. The van der Waals surface area contributed by atoms with Crippen molar-refractivity contribution in [1.82, 2.24) is 20.0 Å². The van der Waals surface area contributed by atoms with Crippen molar-refractivity contribution in [2.75, 3.05) is 18.1 Å². The summed E-state index contributed by atoms with van der Waals surface area (Å²) in [6, 6.07) is 7.65. The molecule has 1 saturated heterocycles. The van der Waals surface area contributed by atoms with Crippen LogP contribution in [0.25, 0.3) is 0 Å². The Morgan fingerprint density at radius 3 is 2.81 bits per heavy atom. The minimum Gasteiger partial charge on any atom is -0.334 e. The van der Waals surface area contributed by atoms with E-state index >= 15 is 0 Å². The highest BCUT2D eigenvalue weighted by atomic mass is 32.2. The number of rotatable bonds is 2. The lowest BCUT2D eigenvalue weighted by Crippen LogP contribution is -2.48. The number of carbonyl (C=O) groups excluding carboxylic acids is 1. The van der Waals surface area contributed by atoms with Crippen molar-refractivity contribution in [3.8, 4) is 0 Å². The summed E-state index contributed by atoms with van der Waals surface area (Å²) in [6.07, 6.45) is 4.31. The molecule has 1 aromatic carbocycles. The minimum atomic E-state index is -3.02. The van der Waals surface area contributed by atoms with E-state index in [-0.39, 0.29) is 29.5 Å². The van der Waals surface area contributed by atoms with Gasteiger partial charge in [-0.15, -0.1) is 0 Å². The van der Waals surface area contributed by atoms with E-state index in [4.69, 9.17) is 0 Å². The monoisotopic (exact) mass is 374 g/mol. The third kappa shape index (κ3) is 3.33. The van der Waals surface area contributed by atoms with E-state index in [2.05, 4.69) is 16.5 Å². The lowest BCUT2D eigenvalue weighted by Gasteiger charge is -2.35. The van der Waals surface area contributed by atoms with Crippen molar-refractivity contribution in [1.29, 1.82) is 0 Å². The van der Waals surface area contributed by atoms with Crippen molar-refractivity contribution >= 4 is 15.9 Å². The smallest absolute Gasteiger partial charge is 0.317 e. The molecule has 0 spiro atoms. The van der Waals surface area contributed by atoms with E-state index in [9.17, 15) is 13.2 Å². The first-order chi connectivity index (χ1) is 12.4. The van der Waals surface area contributed by atoms with Gasteiger partial charge in [-0.05, 0) is 23.1 Å². The summed E-state index contributed by atoms with van der Waals surface area (Å²) in [5.74, 6) is 0.251. The molecule has 2 aromatic rings. The van der Waals surface area contributed by atoms with E-state index in [0.717, 1.165) is 11.1 Å². The molecule has 2 aliphatic rings. The molecular weight excluding hydrogens is 352 g/mol. The molecule has 138 valence electrons. The number of sulfone groups is 1. The van der Waals surface area contributed by atoms with Gasteiger partial charge in [-0.3, -0.25) is 4.68 Å². The molecule has 2 atom stereocenters. The van der Waals surface area contributed by atoms with Crippen LogP contribution >= 0.6 is 0 Å². The Kier molecular flexibility index (Phi) is 4.22. The lowest BCUT2D eigenvalue weighted by atomic mass is 9.86. The summed E-state index contributed by atoms with van der Waals surface area (Å²) in [6.45, 7) is 1.08. The van der Waals surface area contributed by atoms with Crippen LogP contribution in [0.1, 0.15) is 29.0 Å². The third-order valence-corrected chi connectivity index (χ3v) is 6.94. The number of hydrogen-bond donors (Lipinski definition) is 1. The van der Waals surface area contributed by atoms with Crippen molar-refractivity contribution in [3.05, 3.63) is 53.3 Å². The molecule has 2 amide bonds. The molecule has 3 heterocycles. The van der Waals surface area contributed by atoms with Gasteiger partial charge in [0.1, 0.15) is 0 Å². The second-order valence-corrected chi connectivity index (χ2v) is 9.36. The number of benzene rings is 1. The van der Waals surface area contributed by atoms with E-state index in [1.807, 2.05) is 37.6 Å². The van der Waals surface area contributed by atoms with Gasteiger partial charge >= 0.3 is 6.03 Å². The molecule has 0 saturated carbocycles. The molecule has 0 aliphatic carbocycles. The van der Waals surface area contributed by atoms with Crippen LogP contribution in [0.3, 0.4) is 0 Å². The first kappa shape index (κ1) is 17.1. The molecular formula is C18H22N4O3S. The van der Waals surface area contributed by atoms with Crippen LogP contribution < -0.4 is 5.32 Å². The van der Waals surface area contributed by atoms with Gasteiger partial charge in [0.05, 0.1) is 17.7 Å². The van der Waals surface area contributed by atoms with Crippen LogP contribution in [-0.4, -0.2) is 53.2 Å². The zero-order valence-corrected chi connectivity index (χ0v) is 15.4. The van der Waals surface area contributed by atoms with Gasteiger partial charge in [-0.25, -0.2) is 13.2 Å². The Morgan fingerprint density at radius 1 is 1.31 bits per heavy atom. The first-order valence-corrected chi connectivity index (χ1v) is 10.6. The van der Waals surface area contributed by atoms with Crippen LogP contribution in [0.2, 0.25) is 0 Å². The molecule has 2 unspecified atom stereocenters. The van der Waals surface area contributed by atoms with E-state index in [1.165, 1.54) is 5.56 Å². The van der Waals surface area contributed by atoms with Gasteiger partial charge in [0.2, 0.25) is 0 Å². The SMILES string of the molecule is Cn1cc(C2CN(C(=O)NC3CCS(=O)(=O)C3)Cc3ccccc32)cn1. The van der Waals surface area contributed by atoms with Gasteiger partial charge in [-0.2, -0.15) is 5.10 Å². The van der Waals surface area contributed by atoms with Gasteiger partial charge < -0.3 is 10.2 Å². The average molecular weight is 374 g/mol. The van der Waals surface area contributed by atoms with E-state index in [1.54, 1.807) is 9.58 Å². The maximum absolute atomic E-state index is 12.8. The van der Waals surface area contributed by atoms with Gasteiger partial charge in [0, 0.05) is 38.3 Å². The Morgan fingerprint density at radius 2 is 2.12 bits per heavy atom. The Hall–Kier alpha value is -2.35. The second-order valence-electron chi connectivity index (χ2n) is 7.13. The van der Waals surface area contributed by atoms with Crippen LogP contribution in [0.5, 0.6) is 0 Å². The third-order valence-electron chi connectivity index (χ3n) is 5.17. The number of urea groups is 1. The molecule has 0 bridgehead atoms. The fourth-order valence-electron chi connectivity index (χ4n) is 3.84. The molecule has 1 fully saturated rings. The number of carbonyl (C=O) groups is 1. The minimum absolute atomic E-state index is 0.0369. The van der Waals surface area contributed by atoms with E-state index in [0.29, 0.717) is 19.5 Å². The zero-order chi connectivity index (χ0) is 18.3. The fourth-order valence-corrected chi connectivity index (χ4v) is 5.51. The number of amides is 2. The maximum Gasteiger partial charge on any atom is 0.317 e. The lowest BCUT2D eigenvalue weighted by molar-refractivity contribution is 0.186. The molecule has 8 heteroatoms. The predicted molar refractivity (Wildman–Crippen MR) is 97.5 cm³/mol. The van der Waals surface area contributed by atoms with Crippen LogP contribution in [0.4, 0.5) is 4.79 Å². The summed E-state index contributed by atoms with van der Waals surface area (Å²) >= 11 is 0. The van der Waals surface area contributed by atoms with Crippen molar-refractivity contribution < 1.29 is 13.2 Å². The molecule has 26 heavy (non-hydrogen) atoms. The quantitative estimate of drug-likeness (QED) is 0.858. The highest BCUT2D eigenvalue weighted by molar-refractivity contribution is 7.91. The van der Waals surface area contributed by atoms with Crippen LogP contribution in [0, 0.1) is 0 Å². The van der Waals surface area contributed by atoms with Gasteiger partial charge in [0.15, 0.2) is 9.84 Å². The number of nitrogens with zero attached hydrogens (tertiary/aromatic N) is 3. The topological polar surface area (TPSA) is 84.3 Å². The number of hydrogen-bond acceptors (Lipinski definition) is 4. The molecule has 1 N–H and O–H groups in total. The highest BCUT2D eigenvalue weighted by Gasteiger charge is 2.33. The van der Waals surface area contributed by atoms with Crippen molar-refractivity contribution in [3.63, 3.8) is 0 Å². The molecule has 0 radical (unpaired) electrons. The second kappa shape index (κ2) is 6.42. The Balaban J connectivity index is 1.56. The maximum atomic E-state index is 12.8. The summed E-state index contributed by atoms with van der Waals surface area (Å²) in [5.41, 5.74) is 3.40. The largest absolute Gasteiger partial charge is 0.334 e. The van der Waals surface area contributed by atoms with Crippen LogP contribution in [0.15, 0.2) is 36.7 Å². The Bertz CT molecular complexity index is 937. The first-order valence-electron chi connectivity index (χ1n) is 8.73. The number of nitrogens with one attached hydrogen (secondary N) is 1. The van der Waals surface area contributed by atoms with Gasteiger partial charge in [0.25, 0.3) is 0 Å². The van der Waals surface area contributed by atoms with E-state index < -0.39 is 9.84 Å². The summed E-state index contributed by atoms with van der Waals surface area (Å²) in [5, 5.41) is 7.16. The summed E-state index contributed by atoms with van der Waals surface area (Å²) in [7, 11) is -1.14. The van der Waals surface area contributed by atoms with Crippen LogP contribution in [-0.2, 0) is 23.4 Å². The van der Waals surface area contributed by atoms with Gasteiger partial charge in [-0.1, -0.05) is 24.3 Å². The number of aromatic nitrogens is 2. The zero-order valence-electron chi connectivity index (χ0n) is 14.6. The molecule has 4 rings (SSSR count). The number of aryl methyl sites for hydroxylation is 1. The molecule has 1 aromatic heterocycles. The standard InChI is InChI=1S/C18H22N4O3S/c1-21-9-14(8-19-21)17-11-22(10-13-4-2-3-5-16(13)17)18(23)20-15-6-7-26(24,25)12-15/h2-5,8-9,15,17H,6-7,10-12H2,1H3,(H,20,23). The summed E-state index contributed by atoms with van der Waals surface area (Å²) in [4.78, 5) is 14.5. The summed E-state index contributed by atoms with van der Waals surface area (Å²) < 4.78 is 25.0. The Labute approximate surface area is 152 Å². The molecule has 2 aliphatic heterocycles. The van der Waals surface area contributed by atoms with Crippen molar-refractivity contribution in [2.45, 2.75) is 24.9 Å². The normalized spacial score (nSPS) is 24.3. The highest BCUT2D eigenvalue weighted by Crippen LogP contribution is 2.33.